The highest BCUT2D eigenvalue weighted by molar-refractivity contribution is 9.10. The van der Waals surface area contributed by atoms with E-state index in [1.165, 1.54) is 18.3 Å². The summed E-state index contributed by atoms with van der Waals surface area (Å²) in [5, 5.41) is 12.8. The van der Waals surface area contributed by atoms with Crippen LogP contribution in [0.15, 0.2) is 41.0 Å². The third-order valence-electron chi connectivity index (χ3n) is 4.92. The predicted octanol–water partition coefficient (Wildman–Crippen LogP) is 4.59. The minimum absolute atomic E-state index is 0.124. The van der Waals surface area contributed by atoms with Crippen molar-refractivity contribution in [3.63, 3.8) is 0 Å². The van der Waals surface area contributed by atoms with Crippen LogP contribution in [0.4, 0.5) is 24.7 Å². The molecule has 1 aliphatic heterocycles. The number of pyridine rings is 1. The van der Waals surface area contributed by atoms with Gasteiger partial charge in [-0.1, -0.05) is 0 Å². The third kappa shape index (κ3) is 5.63. The van der Waals surface area contributed by atoms with Crippen molar-refractivity contribution in [3.8, 4) is 5.75 Å². The lowest BCUT2D eigenvalue weighted by Gasteiger charge is -2.26. The van der Waals surface area contributed by atoms with E-state index in [9.17, 15) is 23.1 Å². The van der Waals surface area contributed by atoms with E-state index >= 15 is 0 Å². The molecule has 0 saturated carbocycles. The lowest BCUT2D eigenvalue weighted by atomic mass is 9.90. The van der Waals surface area contributed by atoms with Crippen molar-refractivity contribution in [2.45, 2.75) is 32.2 Å². The summed E-state index contributed by atoms with van der Waals surface area (Å²) in [5.41, 5.74) is -0.163. The molecule has 0 radical (unpaired) electrons. The monoisotopic (exact) mass is 487 g/mol. The average molecular weight is 488 g/mol. The molecule has 0 aliphatic carbocycles. The van der Waals surface area contributed by atoms with E-state index in [-0.39, 0.29) is 11.7 Å². The Morgan fingerprint density at radius 1 is 1.30 bits per heavy atom. The fourth-order valence-corrected chi connectivity index (χ4v) is 3.86. The number of nitrogens with one attached hydrogen (secondary N) is 1. The summed E-state index contributed by atoms with van der Waals surface area (Å²) >= 11 is 3.45. The minimum Gasteiger partial charge on any atom is -0.406 e. The van der Waals surface area contributed by atoms with Crippen LogP contribution < -0.4 is 15.0 Å². The lowest BCUT2D eigenvalue weighted by Crippen LogP contribution is -2.33. The van der Waals surface area contributed by atoms with E-state index in [4.69, 9.17) is 0 Å². The molecule has 6 nitrogen and oxygen atoms in total. The normalized spacial score (nSPS) is 17.2. The molecule has 1 fully saturated rings. The van der Waals surface area contributed by atoms with E-state index < -0.39 is 17.9 Å². The van der Waals surface area contributed by atoms with Gasteiger partial charge in [0.25, 0.3) is 5.91 Å². The molecule has 2 heterocycles. The molecule has 1 atom stereocenters. The van der Waals surface area contributed by atoms with Crippen LogP contribution >= 0.6 is 15.9 Å². The number of carbonyl (C=O) groups excluding carboxylic acids is 1. The fourth-order valence-electron chi connectivity index (χ4n) is 3.26. The molecule has 0 bridgehead atoms. The second kappa shape index (κ2) is 8.43. The molecular formula is C20H21BrF3N3O3. The van der Waals surface area contributed by atoms with Crippen LogP contribution in [0.5, 0.6) is 5.75 Å². The van der Waals surface area contributed by atoms with Gasteiger partial charge < -0.3 is 20.1 Å². The minimum atomic E-state index is -4.77. The van der Waals surface area contributed by atoms with Gasteiger partial charge in [0.05, 0.1) is 15.6 Å². The number of hydrogen-bond donors (Lipinski definition) is 2. The van der Waals surface area contributed by atoms with Crippen LogP contribution in [-0.2, 0) is 0 Å². The Kier molecular flexibility index (Phi) is 6.28. The fraction of sp³-hybridized carbons (Fsp3) is 0.400. The molecule has 1 saturated heterocycles. The molecule has 3 rings (SSSR count). The number of hydrogen-bond acceptors (Lipinski definition) is 5. The SMILES string of the molecule is CC(C)(O)C1CCN(c2ncc(C(=O)Nc3ccc(OC(F)(F)F)cc3)cc2Br)C1. The molecule has 1 aromatic carbocycles. The molecule has 30 heavy (non-hydrogen) atoms. The van der Waals surface area contributed by atoms with Gasteiger partial charge in [-0.2, -0.15) is 0 Å². The Morgan fingerprint density at radius 2 is 1.97 bits per heavy atom. The maximum atomic E-state index is 12.5. The number of aliphatic hydroxyl groups is 1. The molecule has 10 heteroatoms. The summed E-state index contributed by atoms with van der Waals surface area (Å²) in [6.07, 6.45) is -2.49. The van der Waals surface area contributed by atoms with Gasteiger partial charge in [-0.25, -0.2) is 4.98 Å². The van der Waals surface area contributed by atoms with Crippen molar-refractivity contribution < 1.29 is 27.8 Å². The van der Waals surface area contributed by atoms with Gasteiger partial charge in [-0.05, 0) is 66.5 Å². The molecule has 2 N–H and O–H groups in total. The maximum absolute atomic E-state index is 12.5. The molecule has 1 aliphatic rings. The maximum Gasteiger partial charge on any atom is 0.573 e. The van der Waals surface area contributed by atoms with E-state index in [0.29, 0.717) is 28.1 Å². The van der Waals surface area contributed by atoms with Crippen LogP contribution in [0.25, 0.3) is 0 Å². The third-order valence-corrected chi connectivity index (χ3v) is 5.50. The molecule has 1 aromatic heterocycles. The zero-order valence-electron chi connectivity index (χ0n) is 16.3. The number of aromatic nitrogens is 1. The van der Waals surface area contributed by atoms with Gasteiger partial charge in [-0.3, -0.25) is 4.79 Å². The van der Waals surface area contributed by atoms with Gasteiger partial charge in [0.2, 0.25) is 0 Å². The Balaban J connectivity index is 1.65. The summed E-state index contributed by atoms with van der Waals surface area (Å²) in [7, 11) is 0. The van der Waals surface area contributed by atoms with Crippen molar-refractivity contribution in [2.75, 3.05) is 23.3 Å². The zero-order valence-corrected chi connectivity index (χ0v) is 17.9. The Hall–Kier alpha value is -2.33. The van der Waals surface area contributed by atoms with Crippen molar-refractivity contribution >= 4 is 33.3 Å². The second-order valence-corrected chi connectivity index (χ2v) is 8.50. The van der Waals surface area contributed by atoms with Crippen molar-refractivity contribution in [1.29, 1.82) is 0 Å². The van der Waals surface area contributed by atoms with Crippen LogP contribution in [0.1, 0.15) is 30.6 Å². The number of halogens is 4. The highest BCUT2D eigenvalue weighted by Crippen LogP contribution is 2.33. The van der Waals surface area contributed by atoms with Gasteiger partial charge in [0, 0.05) is 30.9 Å². The molecular weight excluding hydrogens is 467 g/mol. The van der Waals surface area contributed by atoms with Gasteiger partial charge in [0.1, 0.15) is 11.6 Å². The van der Waals surface area contributed by atoms with Gasteiger partial charge in [-0.15, -0.1) is 13.2 Å². The van der Waals surface area contributed by atoms with Crippen LogP contribution in [0, 0.1) is 5.92 Å². The van der Waals surface area contributed by atoms with E-state index in [1.807, 2.05) is 4.90 Å². The van der Waals surface area contributed by atoms with Crippen molar-refractivity contribution in [3.05, 3.63) is 46.6 Å². The second-order valence-electron chi connectivity index (χ2n) is 7.64. The molecule has 1 unspecified atom stereocenters. The van der Waals surface area contributed by atoms with Gasteiger partial charge in [0.15, 0.2) is 0 Å². The number of alkyl halides is 3. The topological polar surface area (TPSA) is 74.7 Å². The smallest absolute Gasteiger partial charge is 0.406 e. The largest absolute Gasteiger partial charge is 0.573 e. The molecule has 162 valence electrons. The number of carbonyl (C=O) groups is 1. The van der Waals surface area contributed by atoms with Crippen LogP contribution in [-0.4, -0.2) is 41.1 Å². The summed E-state index contributed by atoms with van der Waals surface area (Å²) in [5.74, 6) is -0.00954. The predicted molar refractivity (Wildman–Crippen MR) is 110 cm³/mol. The van der Waals surface area contributed by atoms with Crippen LogP contribution in [0.2, 0.25) is 0 Å². The van der Waals surface area contributed by atoms with E-state index in [1.54, 1.807) is 19.9 Å². The molecule has 2 aromatic rings. The Labute approximate surface area is 180 Å². The summed E-state index contributed by atoms with van der Waals surface area (Å²) in [6.45, 7) is 4.99. The standard InChI is InChI=1S/C20H21BrF3N3O3/c1-19(2,29)13-7-8-27(11-13)17-16(21)9-12(10-25-17)18(28)26-14-3-5-15(6-4-14)30-20(22,23)24/h3-6,9-10,13,29H,7-8,11H2,1-2H3,(H,26,28). The first-order valence-corrected chi connectivity index (χ1v) is 10.0. The van der Waals surface area contributed by atoms with E-state index in [2.05, 4.69) is 31.0 Å². The molecule has 0 spiro atoms. The Morgan fingerprint density at radius 3 is 2.50 bits per heavy atom. The summed E-state index contributed by atoms with van der Waals surface area (Å²) in [4.78, 5) is 18.9. The average Bonchev–Trinajstić information content (AvgIpc) is 3.12. The number of benzene rings is 1. The summed E-state index contributed by atoms with van der Waals surface area (Å²) < 4.78 is 41.1. The number of amides is 1. The first kappa shape index (κ1) is 22.4. The lowest BCUT2D eigenvalue weighted by molar-refractivity contribution is -0.274. The number of anilines is 2. The highest BCUT2D eigenvalue weighted by Gasteiger charge is 2.34. The highest BCUT2D eigenvalue weighted by atomic mass is 79.9. The quantitative estimate of drug-likeness (QED) is 0.644. The number of nitrogens with zero attached hydrogens (tertiary/aromatic N) is 2. The Bertz CT molecular complexity index is 914. The first-order chi connectivity index (χ1) is 13.9. The number of ether oxygens (including phenoxy) is 1. The number of rotatable bonds is 5. The van der Waals surface area contributed by atoms with E-state index in [0.717, 1.165) is 25.1 Å². The van der Waals surface area contributed by atoms with Crippen LogP contribution in [0.3, 0.4) is 0 Å². The zero-order chi connectivity index (χ0) is 22.1. The van der Waals surface area contributed by atoms with Gasteiger partial charge >= 0.3 is 6.36 Å². The first-order valence-electron chi connectivity index (χ1n) is 9.22. The van der Waals surface area contributed by atoms with Crippen molar-refractivity contribution in [2.24, 2.45) is 5.92 Å². The molecule has 1 amide bonds. The summed E-state index contributed by atoms with van der Waals surface area (Å²) in [6, 6.07) is 6.50. The van der Waals surface area contributed by atoms with Crippen molar-refractivity contribution in [1.82, 2.24) is 4.98 Å².